The van der Waals surface area contributed by atoms with Crippen LogP contribution in [0, 0.1) is 15.9 Å². The highest BCUT2D eigenvalue weighted by Crippen LogP contribution is 2.26. The Morgan fingerprint density at radius 2 is 1.78 bits per heavy atom. The molecule has 0 N–H and O–H groups in total. The van der Waals surface area contributed by atoms with E-state index in [1.54, 1.807) is 0 Å². The number of nitrogens with zero attached hydrogens (tertiary/aromatic N) is 5. The molecule has 0 radical (unpaired) electrons. The normalized spacial score (nSPS) is 12.3. The number of aromatic nitrogens is 4. The molecule has 0 amide bonds. The van der Waals surface area contributed by atoms with E-state index in [2.05, 4.69) is 4.98 Å². The highest BCUT2D eigenvalue weighted by atomic mass is 19.1. The summed E-state index contributed by atoms with van der Waals surface area (Å²) in [6.45, 7) is 1.38. The first-order valence-electron chi connectivity index (χ1n) is 7.77. The maximum absolute atomic E-state index is 13.1. The summed E-state index contributed by atoms with van der Waals surface area (Å²) < 4.78 is 15.8. The van der Waals surface area contributed by atoms with Crippen molar-refractivity contribution < 1.29 is 14.1 Å². The largest absolute Gasteiger partial charge is 0.437 e. The first-order chi connectivity index (χ1) is 12.6. The Balaban J connectivity index is 2.32. The fourth-order valence-electron chi connectivity index (χ4n) is 2.90. The summed E-state index contributed by atoms with van der Waals surface area (Å²) in [6, 6.07) is 3.50. The Kier molecular flexibility index (Phi) is 4.22. The molecule has 140 valence electrons. The molecule has 0 bridgehead atoms. The van der Waals surface area contributed by atoms with Gasteiger partial charge in [-0.2, -0.15) is 4.57 Å². The third-order valence-electron chi connectivity index (χ3n) is 4.32. The van der Waals surface area contributed by atoms with Crippen molar-refractivity contribution in [2.45, 2.75) is 13.0 Å². The number of hydrogen-bond acceptors (Lipinski definition) is 6. The first-order valence-corrected chi connectivity index (χ1v) is 7.77. The van der Waals surface area contributed by atoms with E-state index in [4.69, 9.17) is 0 Å². The van der Waals surface area contributed by atoms with Crippen molar-refractivity contribution in [1.82, 2.24) is 18.7 Å². The number of hydrogen-bond donors (Lipinski definition) is 0. The summed E-state index contributed by atoms with van der Waals surface area (Å²) in [5, 5.41) is 11.5. The van der Waals surface area contributed by atoms with Gasteiger partial charge in [-0.1, -0.05) is 4.98 Å². The molecule has 2 aromatic heterocycles. The molecule has 1 atom stereocenters. The molecule has 0 saturated heterocycles. The molecule has 0 aliphatic rings. The van der Waals surface area contributed by atoms with Crippen LogP contribution in [0.25, 0.3) is 11.2 Å². The minimum absolute atomic E-state index is 0.119. The van der Waals surface area contributed by atoms with Crippen molar-refractivity contribution in [2.75, 3.05) is 0 Å². The summed E-state index contributed by atoms with van der Waals surface area (Å²) in [6.07, 6.45) is 0. The molecule has 2 heterocycles. The minimum Gasteiger partial charge on any atom is -0.390 e. The highest BCUT2D eigenvalue weighted by Gasteiger charge is 2.34. The summed E-state index contributed by atoms with van der Waals surface area (Å²) in [4.78, 5) is 51.7. The van der Waals surface area contributed by atoms with Gasteiger partial charge in [-0.3, -0.25) is 18.7 Å². The molecule has 0 saturated carbocycles. The lowest BCUT2D eigenvalue weighted by atomic mass is 10.1. The van der Waals surface area contributed by atoms with Crippen LogP contribution < -0.4 is 11.2 Å². The number of carbonyl (C=O) groups excluding carboxylic acids is 1. The van der Waals surface area contributed by atoms with E-state index in [0.29, 0.717) is 0 Å². The zero-order valence-corrected chi connectivity index (χ0v) is 14.5. The number of nitro groups is 1. The third-order valence-corrected chi connectivity index (χ3v) is 4.32. The van der Waals surface area contributed by atoms with Crippen LogP contribution in [-0.2, 0) is 14.1 Å². The van der Waals surface area contributed by atoms with E-state index in [1.807, 2.05) is 0 Å². The molecule has 27 heavy (non-hydrogen) atoms. The molecule has 0 unspecified atom stereocenters. The summed E-state index contributed by atoms with van der Waals surface area (Å²) >= 11 is 0. The fraction of sp³-hybridized carbons (Fsp3) is 0.250. The van der Waals surface area contributed by atoms with Gasteiger partial charge in [0.1, 0.15) is 11.9 Å². The molecule has 0 aliphatic carbocycles. The molecule has 11 heteroatoms. The standard InChI is InChI=1S/C16H14FN5O5/c1-8(12(23)9-4-6-10(17)7-5-9)21-13-11(18-15(21)22(26)27)14(24)20(3)16(25)19(13)2/h4-8H,1-3H3/t8-/m1/s1. The van der Waals surface area contributed by atoms with Gasteiger partial charge in [-0.25, -0.2) is 9.18 Å². The molecule has 0 fully saturated rings. The maximum Gasteiger partial charge on any atom is 0.437 e. The van der Waals surface area contributed by atoms with Crippen molar-refractivity contribution in [3.63, 3.8) is 0 Å². The van der Waals surface area contributed by atoms with Crippen LogP contribution in [0.15, 0.2) is 33.9 Å². The number of carbonyl (C=O) groups is 1. The van der Waals surface area contributed by atoms with E-state index in [9.17, 15) is 28.9 Å². The van der Waals surface area contributed by atoms with Gasteiger partial charge < -0.3 is 10.1 Å². The van der Waals surface area contributed by atoms with Gasteiger partial charge in [-0.15, -0.1) is 0 Å². The number of benzene rings is 1. The molecule has 10 nitrogen and oxygen atoms in total. The van der Waals surface area contributed by atoms with Crippen LogP contribution in [0.3, 0.4) is 0 Å². The molecular weight excluding hydrogens is 361 g/mol. The quantitative estimate of drug-likeness (QED) is 0.380. The minimum atomic E-state index is -1.17. The third kappa shape index (κ3) is 2.72. The Morgan fingerprint density at radius 1 is 1.19 bits per heavy atom. The average Bonchev–Trinajstić information content (AvgIpc) is 3.05. The second-order valence-electron chi connectivity index (χ2n) is 5.96. The van der Waals surface area contributed by atoms with E-state index in [-0.39, 0.29) is 16.7 Å². The number of aryl methyl sites for hydroxylation is 1. The van der Waals surface area contributed by atoms with Crippen LogP contribution in [-0.4, -0.2) is 29.4 Å². The molecule has 0 aliphatic heterocycles. The Bertz CT molecular complexity index is 1210. The van der Waals surface area contributed by atoms with Gasteiger partial charge in [0.25, 0.3) is 5.52 Å². The Labute approximate surface area is 150 Å². The van der Waals surface area contributed by atoms with Gasteiger partial charge in [0.15, 0.2) is 5.78 Å². The van der Waals surface area contributed by atoms with Gasteiger partial charge in [0.2, 0.25) is 5.65 Å². The van der Waals surface area contributed by atoms with Crippen LogP contribution in [0.5, 0.6) is 0 Å². The number of ketones is 1. The predicted molar refractivity (Wildman–Crippen MR) is 92.3 cm³/mol. The lowest BCUT2D eigenvalue weighted by molar-refractivity contribution is -0.396. The Morgan fingerprint density at radius 3 is 2.33 bits per heavy atom. The predicted octanol–water partition coefficient (Wildman–Crippen LogP) is 0.925. The molecule has 0 spiro atoms. The Hall–Kier alpha value is -3.63. The van der Waals surface area contributed by atoms with Gasteiger partial charge in [0, 0.05) is 19.7 Å². The number of rotatable bonds is 4. The second kappa shape index (κ2) is 6.27. The van der Waals surface area contributed by atoms with Gasteiger partial charge >= 0.3 is 17.2 Å². The van der Waals surface area contributed by atoms with Crippen molar-refractivity contribution in [2.24, 2.45) is 14.1 Å². The van der Waals surface area contributed by atoms with Gasteiger partial charge in [0.05, 0.1) is 0 Å². The van der Waals surface area contributed by atoms with E-state index in [1.165, 1.54) is 33.2 Å². The van der Waals surface area contributed by atoms with Crippen molar-refractivity contribution in [3.05, 3.63) is 66.6 Å². The zero-order valence-electron chi connectivity index (χ0n) is 14.5. The highest BCUT2D eigenvalue weighted by molar-refractivity contribution is 5.99. The number of Topliss-reactive ketones (excluding diaryl/α,β-unsaturated/α-hetero) is 1. The summed E-state index contributed by atoms with van der Waals surface area (Å²) in [7, 11) is 2.54. The van der Waals surface area contributed by atoms with Crippen LogP contribution >= 0.6 is 0 Å². The average molecular weight is 375 g/mol. The zero-order chi connectivity index (χ0) is 20.0. The molecule has 3 rings (SSSR count). The smallest absolute Gasteiger partial charge is 0.390 e. The van der Waals surface area contributed by atoms with Crippen LogP contribution in [0.2, 0.25) is 0 Å². The SMILES string of the molecule is C[C@H](C(=O)c1ccc(F)cc1)n1c([N+](=O)[O-])nc2c(=O)n(C)c(=O)n(C)c21. The van der Waals surface area contributed by atoms with Crippen LogP contribution in [0.4, 0.5) is 10.3 Å². The molecule has 1 aromatic carbocycles. The maximum atomic E-state index is 13.1. The van der Waals surface area contributed by atoms with Crippen molar-refractivity contribution in [1.29, 1.82) is 0 Å². The summed E-state index contributed by atoms with van der Waals surface area (Å²) in [5.74, 6) is -1.85. The number of imidazole rings is 1. The molecule has 3 aromatic rings. The summed E-state index contributed by atoms with van der Waals surface area (Å²) in [5.41, 5.74) is -1.85. The van der Waals surface area contributed by atoms with Gasteiger partial charge in [-0.05, 0) is 36.1 Å². The lowest BCUT2D eigenvalue weighted by Crippen LogP contribution is -2.37. The van der Waals surface area contributed by atoms with Crippen molar-refractivity contribution in [3.8, 4) is 0 Å². The number of halogens is 1. The number of fused-ring (bicyclic) bond motifs is 1. The topological polar surface area (TPSA) is 122 Å². The van der Waals surface area contributed by atoms with E-state index < -0.39 is 39.8 Å². The van der Waals surface area contributed by atoms with E-state index >= 15 is 0 Å². The van der Waals surface area contributed by atoms with Crippen molar-refractivity contribution >= 4 is 22.9 Å². The monoisotopic (exact) mass is 375 g/mol. The van der Waals surface area contributed by atoms with Crippen LogP contribution in [0.1, 0.15) is 23.3 Å². The second-order valence-corrected chi connectivity index (χ2v) is 5.96. The lowest BCUT2D eigenvalue weighted by Gasteiger charge is -2.12. The first kappa shape index (κ1) is 18.2. The molecular formula is C16H14FN5O5. The van der Waals surface area contributed by atoms with E-state index in [0.717, 1.165) is 25.8 Å². The fourth-order valence-corrected chi connectivity index (χ4v) is 2.90.